The molecule has 0 fully saturated rings. The predicted molar refractivity (Wildman–Crippen MR) is 116 cm³/mol. The number of carbonyl (C=O) groups is 1. The highest BCUT2D eigenvalue weighted by atomic mass is 127. The molecule has 1 amide bonds. The van der Waals surface area contributed by atoms with Crippen LogP contribution in [0.15, 0.2) is 23.2 Å². The molecule has 1 aromatic rings. The summed E-state index contributed by atoms with van der Waals surface area (Å²) in [5, 5.41) is 6.36. The summed E-state index contributed by atoms with van der Waals surface area (Å²) in [4.78, 5) is 17.9. The van der Waals surface area contributed by atoms with Crippen molar-refractivity contribution >= 4 is 47.6 Å². The summed E-state index contributed by atoms with van der Waals surface area (Å²) < 4.78 is 0. The van der Waals surface area contributed by atoms with E-state index in [1.807, 2.05) is 0 Å². The topological polar surface area (TPSA) is 56.7 Å². The second kappa shape index (κ2) is 12.4. The SMILES string of the molecule is CSCCNC(=NCc1ccc(C)cc1C)NCC(=O)N(C)C.I. The fraction of sp³-hybridized carbons (Fsp3) is 0.529. The van der Waals surface area contributed by atoms with Crippen molar-refractivity contribution in [2.45, 2.75) is 20.4 Å². The number of guanidine groups is 1. The minimum Gasteiger partial charge on any atom is -0.356 e. The number of hydrogen-bond donors (Lipinski definition) is 2. The molecular formula is C17H29IN4OS. The van der Waals surface area contributed by atoms with Gasteiger partial charge in [-0.2, -0.15) is 11.8 Å². The molecule has 0 aliphatic rings. The van der Waals surface area contributed by atoms with Crippen LogP contribution in [0.2, 0.25) is 0 Å². The number of nitrogens with one attached hydrogen (secondary N) is 2. The molecule has 0 radical (unpaired) electrons. The predicted octanol–water partition coefficient (Wildman–Crippen LogP) is 2.41. The Morgan fingerprint density at radius 1 is 1.25 bits per heavy atom. The summed E-state index contributed by atoms with van der Waals surface area (Å²) in [6, 6.07) is 6.37. The van der Waals surface area contributed by atoms with Crippen LogP contribution in [0.1, 0.15) is 16.7 Å². The quantitative estimate of drug-likeness (QED) is 0.282. The van der Waals surface area contributed by atoms with E-state index in [0.717, 1.165) is 12.3 Å². The average Bonchev–Trinajstić information content (AvgIpc) is 2.50. The summed E-state index contributed by atoms with van der Waals surface area (Å²) in [6.45, 7) is 5.84. The molecule has 0 saturated heterocycles. The van der Waals surface area contributed by atoms with Gasteiger partial charge in [0.25, 0.3) is 0 Å². The number of benzene rings is 1. The largest absolute Gasteiger partial charge is 0.356 e. The second-order valence-electron chi connectivity index (χ2n) is 5.66. The van der Waals surface area contributed by atoms with Crippen LogP contribution >= 0.6 is 35.7 Å². The number of thioether (sulfide) groups is 1. The number of carbonyl (C=O) groups excluding carboxylic acids is 1. The normalized spacial score (nSPS) is 10.8. The summed E-state index contributed by atoms with van der Waals surface area (Å²) in [5.74, 6) is 1.69. The van der Waals surface area contributed by atoms with Gasteiger partial charge in [0.15, 0.2) is 5.96 Å². The maximum absolute atomic E-state index is 11.7. The van der Waals surface area contributed by atoms with Gasteiger partial charge in [-0.1, -0.05) is 23.8 Å². The molecule has 0 bridgehead atoms. The highest BCUT2D eigenvalue weighted by Gasteiger charge is 2.06. The number of likely N-dealkylation sites (N-methyl/N-ethyl adjacent to an activating group) is 1. The molecular weight excluding hydrogens is 435 g/mol. The zero-order chi connectivity index (χ0) is 17.2. The summed E-state index contributed by atoms with van der Waals surface area (Å²) in [7, 11) is 3.50. The zero-order valence-corrected chi connectivity index (χ0v) is 18.3. The molecule has 0 spiro atoms. The van der Waals surface area contributed by atoms with Crippen molar-refractivity contribution in [3.8, 4) is 0 Å². The third kappa shape index (κ3) is 8.77. The number of hydrogen-bond acceptors (Lipinski definition) is 3. The maximum Gasteiger partial charge on any atom is 0.241 e. The van der Waals surface area contributed by atoms with Crippen molar-refractivity contribution < 1.29 is 4.79 Å². The van der Waals surface area contributed by atoms with E-state index >= 15 is 0 Å². The zero-order valence-electron chi connectivity index (χ0n) is 15.2. The van der Waals surface area contributed by atoms with Gasteiger partial charge in [0.05, 0.1) is 13.1 Å². The lowest BCUT2D eigenvalue weighted by molar-refractivity contribution is -0.127. The maximum atomic E-state index is 11.7. The first-order chi connectivity index (χ1) is 10.9. The van der Waals surface area contributed by atoms with Gasteiger partial charge >= 0.3 is 0 Å². The second-order valence-corrected chi connectivity index (χ2v) is 6.64. The molecule has 0 aliphatic heterocycles. The molecule has 1 aromatic carbocycles. The average molecular weight is 464 g/mol. The van der Waals surface area contributed by atoms with Crippen LogP contribution in [0.5, 0.6) is 0 Å². The lowest BCUT2D eigenvalue weighted by Gasteiger charge is -2.15. The Labute approximate surface area is 167 Å². The van der Waals surface area contributed by atoms with Crippen molar-refractivity contribution in [3.05, 3.63) is 34.9 Å². The van der Waals surface area contributed by atoms with Crippen LogP contribution in [-0.4, -0.2) is 56.0 Å². The lowest BCUT2D eigenvalue weighted by atomic mass is 10.1. The van der Waals surface area contributed by atoms with Crippen molar-refractivity contribution in [2.24, 2.45) is 4.99 Å². The van der Waals surface area contributed by atoms with E-state index in [1.165, 1.54) is 16.7 Å². The molecule has 7 heteroatoms. The fourth-order valence-corrected chi connectivity index (χ4v) is 2.26. The summed E-state index contributed by atoms with van der Waals surface area (Å²) in [5.41, 5.74) is 3.69. The van der Waals surface area contributed by atoms with E-state index in [9.17, 15) is 4.79 Å². The minimum absolute atomic E-state index is 0. The summed E-state index contributed by atoms with van der Waals surface area (Å²) >= 11 is 1.77. The summed E-state index contributed by atoms with van der Waals surface area (Å²) in [6.07, 6.45) is 2.07. The van der Waals surface area contributed by atoms with E-state index in [2.05, 4.69) is 53.9 Å². The molecule has 5 nitrogen and oxygen atoms in total. The van der Waals surface area contributed by atoms with Gasteiger partial charge in [0.2, 0.25) is 5.91 Å². The first-order valence-electron chi connectivity index (χ1n) is 7.71. The van der Waals surface area contributed by atoms with E-state index in [4.69, 9.17) is 0 Å². The van der Waals surface area contributed by atoms with Crippen molar-refractivity contribution in [2.75, 3.05) is 39.2 Å². The standard InChI is InChI=1S/C17H28N4OS.HI/c1-13-6-7-15(14(2)10-13)11-19-17(18-8-9-23-5)20-12-16(22)21(3)4;/h6-7,10H,8-9,11-12H2,1-5H3,(H2,18,19,20);1H. The van der Waals surface area contributed by atoms with Gasteiger partial charge in [0.1, 0.15) is 0 Å². The van der Waals surface area contributed by atoms with Gasteiger partial charge in [-0.3, -0.25) is 4.79 Å². The molecule has 0 saturated carbocycles. The van der Waals surface area contributed by atoms with Gasteiger partial charge in [0, 0.05) is 26.4 Å². The lowest BCUT2D eigenvalue weighted by Crippen LogP contribution is -2.43. The Kier molecular flexibility index (Phi) is 11.9. The molecule has 2 N–H and O–H groups in total. The monoisotopic (exact) mass is 464 g/mol. The Morgan fingerprint density at radius 3 is 2.54 bits per heavy atom. The molecule has 0 aromatic heterocycles. The third-order valence-electron chi connectivity index (χ3n) is 3.41. The van der Waals surface area contributed by atoms with Crippen LogP contribution in [0.3, 0.4) is 0 Å². The van der Waals surface area contributed by atoms with Crippen LogP contribution in [0.4, 0.5) is 0 Å². The first-order valence-corrected chi connectivity index (χ1v) is 9.11. The molecule has 24 heavy (non-hydrogen) atoms. The highest BCUT2D eigenvalue weighted by molar-refractivity contribution is 14.0. The molecule has 0 atom stereocenters. The van der Waals surface area contributed by atoms with Crippen LogP contribution in [0, 0.1) is 13.8 Å². The van der Waals surface area contributed by atoms with Crippen molar-refractivity contribution in [3.63, 3.8) is 0 Å². The highest BCUT2D eigenvalue weighted by Crippen LogP contribution is 2.11. The Hall–Kier alpha value is -0.960. The van der Waals surface area contributed by atoms with E-state index in [1.54, 1.807) is 30.8 Å². The number of halogens is 1. The van der Waals surface area contributed by atoms with Crippen molar-refractivity contribution in [1.29, 1.82) is 0 Å². The number of amides is 1. The van der Waals surface area contributed by atoms with E-state index in [-0.39, 0.29) is 36.4 Å². The third-order valence-corrected chi connectivity index (χ3v) is 4.02. The molecule has 1 rings (SSSR count). The first kappa shape index (κ1) is 23.0. The molecule has 0 aliphatic carbocycles. The van der Waals surface area contributed by atoms with Crippen molar-refractivity contribution in [1.82, 2.24) is 15.5 Å². The minimum atomic E-state index is 0. The number of rotatable bonds is 7. The van der Waals surface area contributed by atoms with Crippen LogP contribution in [0.25, 0.3) is 0 Å². The Bertz CT molecular complexity index is 549. The van der Waals surface area contributed by atoms with E-state index < -0.39 is 0 Å². The molecule has 136 valence electrons. The van der Waals surface area contributed by atoms with Gasteiger partial charge in [-0.15, -0.1) is 24.0 Å². The van der Waals surface area contributed by atoms with Gasteiger partial charge in [-0.05, 0) is 31.2 Å². The van der Waals surface area contributed by atoms with Crippen LogP contribution < -0.4 is 10.6 Å². The van der Waals surface area contributed by atoms with Gasteiger partial charge in [-0.25, -0.2) is 4.99 Å². The molecule has 0 unspecified atom stereocenters. The molecule has 0 heterocycles. The van der Waals surface area contributed by atoms with E-state index in [0.29, 0.717) is 12.5 Å². The Morgan fingerprint density at radius 2 is 1.96 bits per heavy atom. The fourth-order valence-electron chi connectivity index (χ4n) is 1.95. The smallest absolute Gasteiger partial charge is 0.241 e. The Balaban J connectivity index is 0.00000529. The van der Waals surface area contributed by atoms with Gasteiger partial charge < -0.3 is 15.5 Å². The number of aryl methyl sites for hydroxylation is 2. The number of aliphatic imine (C=N–C) groups is 1. The van der Waals surface area contributed by atoms with Crippen LogP contribution in [-0.2, 0) is 11.3 Å². The number of nitrogens with zero attached hydrogens (tertiary/aromatic N) is 2.